The molecule has 3 N–H and O–H groups in total. The first-order chi connectivity index (χ1) is 6.72. The summed E-state index contributed by atoms with van der Waals surface area (Å²) in [6.45, 7) is 7.67. The number of rotatable bonds is 4. The van der Waals surface area contributed by atoms with Gasteiger partial charge < -0.3 is 0 Å². The van der Waals surface area contributed by atoms with Crippen LogP contribution in [0.25, 0.3) is 0 Å². The van der Waals surface area contributed by atoms with Crippen LogP contribution in [-0.4, -0.2) is 10.2 Å². The Morgan fingerprint density at radius 2 is 2.36 bits per heavy atom. The van der Waals surface area contributed by atoms with E-state index >= 15 is 0 Å². The van der Waals surface area contributed by atoms with Gasteiger partial charge in [0.2, 0.25) is 0 Å². The minimum absolute atomic E-state index is 0.0563. The van der Waals surface area contributed by atoms with Crippen LogP contribution in [0, 0.1) is 6.92 Å². The van der Waals surface area contributed by atoms with E-state index in [0.29, 0.717) is 0 Å². The van der Waals surface area contributed by atoms with Gasteiger partial charge >= 0.3 is 0 Å². The third kappa shape index (κ3) is 2.16. The van der Waals surface area contributed by atoms with Gasteiger partial charge in [-0.1, -0.05) is 13.0 Å². The highest BCUT2D eigenvalue weighted by Crippen LogP contribution is 2.17. The Labute approximate surface area is 84.2 Å². The van der Waals surface area contributed by atoms with E-state index in [1.165, 1.54) is 0 Å². The SMILES string of the molecule is C=CC(NN)c1cc(C)nnc1CC. The molecule has 0 aromatic carbocycles. The second-order valence-electron chi connectivity index (χ2n) is 3.12. The summed E-state index contributed by atoms with van der Waals surface area (Å²) in [6, 6.07) is 1.93. The first-order valence-electron chi connectivity index (χ1n) is 4.64. The number of nitrogens with zero attached hydrogens (tertiary/aromatic N) is 2. The van der Waals surface area contributed by atoms with Gasteiger partial charge in [-0.2, -0.15) is 10.2 Å². The van der Waals surface area contributed by atoms with Crippen molar-refractivity contribution in [1.29, 1.82) is 0 Å². The van der Waals surface area contributed by atoms with Crippen molar-refractivity contribution in [1.82, 2.24) is 15.6 Å². The molecular formula is C10H16N4. The highest BCUT2D eigenvalue weighted by Gasteiger charge is 2.11. The van der Waals surface area contributed by atoms with Crippen molar-refractivity contribution in [2.45, 2.75) is 26.3 Å². The third-order valence-corrected chi connectivity index (χ3v) is 2.11. The molecule has 1 unspecified atom stereocenters. The lowest BCUT2D eigenvalue weighted by molar-refractivity contribution is 0.640. The molecule has 0 aliphatic heterocycles. The van der Waals surface area contributed by atoms with Crippen molar-refractivity contribution in [2.75, 3.05) is 0 Å². The van der Waals surface area contributed by atoms with Gasteiger partial charge in [-0.25, -0.2) is 5.43 Å². The van der Waals surface area contributed by atoms with Gasteiger partial charge in [-0.3, -0.25) is 5.84 Å². The molecule has 0 fully saturated rings. The lowest BCUT2D eigenvalue weighted by Crippen LogP contribution is -2.27. The molecule has 0 saturated heterocycles. The second-order valence-corrected chi connectivity index (χ2v) is 3.12. The molecule has 0 aliphatic rings. The van der Waals surface area contributed by atoms with Gasteiger partial charge in [0.25, 0.3) is 0 Å². The molecule has 0 saturated carbocycles. The van der Waals surface area contributed by atoms with Crippen LogP contribution in [0.4, 0.5) is 0 Å². The number of hydrazine groups is 1. The maximum atomic E-state index is 5.42. The van der Waals surface area contributed by atoms with Gasteiger partial charge in [0, 0.05) is 0 Å². The van der Waals surface area contributed by atoms with Crippen LogP contribution in [0.15, 0.2) is 18.7 Å². The first-order valence-corrected chi connectivity index (χ1v) is 4.64. The summed E-state index contributed by atoms with van der Waals surface area (Å²) in [5.74, 6) is 5.42. The van der Waals surface area contributed by atoms with Crippen molar-refractivity contribution in [2.24, 2.45) is 5.84 Å². The molecule has 0 amide bonds. The molecule has 76 valence electrons. The predicted octanol–water partition coefficient (Wildman–Crippen LogP) is 1.04. The Hall–Kier alpha value is -1.26. The van der Waals surface area contributed by atoms with E-state index in [1.54, 1.807) is 6.08 Å². The standard InChI is InChI=1S/C10H16N4/c1-4-9(12-11)8-6-7(3)13-14-10(8)5-2/h4,6,9,12H,1,5,11H2,2-3H3. The number of nitrogens with two attached hydrogens (primary N) is 1. The van der Waals surface area contributed by atoms with Crippen molar-refractivity contribution >= 4 is 0 Å². The maximum absolute atomic E-state index is 5.42. The van der Waals surface area contributed by atoms with E-state index in [0.717, 1.165) is 23.4 Å². The molecule has 14 heavy (non-hydrogen) atoms. The normalized spacial score (nSPS) is 12.5. The molecule has 0 spiro atoms. The fraction of sp³-hybridized carbons (Fsp3) is 0.400. The molecular weight excluding hydrogens is 176 g/mol. The predicted molar refractivity (Wildman–Crippen MR) is 56.4 cm³/mol. The largest absolute Gasteiger partial charge is 0.271 e. The molecule has 1 rings (SSSR count). The molecule has 0 bridgehead atoms. The van der Waals surface area contributed by atoms with Crippen molar-refractivity contribution in [3.05, 3.63) is 35.7 Å². The van der Waals surface area contributed by atoms with Crippen molar-refractivity contribution in [3.63, 3.8) is 0 Å². The number of hydrogen-bond acceptors (Lipinski definition) is 4. The zero-order valence-electron chi connectivity index (χ0n) is 8.62. The van der Waals surface area contributed by atoms with Crippen LogP contribution in [0.5, 0.6) is 0 Å². The van der Waals surface area contributed by atoms with Gasteiger partial charge in [-0.05, 0) is 25.0 Å². The topological polar surface area (TPSA) is 63.8 Å². The summed E-state index contributed by atoms with van der Waals surface area (Å²) in [6.07, 6.45) is 2.60. The highest BCUT2D eigenvalue weighted by atomic mass is 15.2. The van der Waals surface area contributed by atoms with E-state index in [1.807, 2.05) is 19.9 Å². The Kier molecular flexibility index (Phi) is 3.73. The second kappa shape index (κ2) is 4.83. The summed E-state index contributed by atoms with van der Waals surface area (Å²) in [5, 5.41) is 8.13. The number of aromatic nitrogens is 2. The summed E-state index contributed by atoms with van der Waals surface area (Å²) >= 11 is 0. The average Bonchev–Trinajstić information content (AvgIpc) is 2.20. The van der Waals surface area contributed by atoms with Crippen LogP contribution in [0.2, 0.25) is 0 Å². The maximum Gasteiger partial charge on any atom is 0.0680 e. The number of nitrogens with one attached hydrogen (secondary N) is 1. The minimum atomic E-state index is -0.0563. The average molecular weight is 192 g/mol. The van der Waals surface area contributed by atoms with Crippen LogP contribution in [0.3, 0.4) is 0 Å². The Morgan fingerprint density at radius 1 is 1.64 bits per heavy atom. The monoisotopic (exact) mass is 192 g/mol. The van der Waals surface area contributed by atoms with Gasteiger partial charge in [0.1, 0.15) is 0 Å². The number of aryl methyl sites for hydroxylation is 2. The van der Waals surface area contributed by atoms with Crippen LogP contribution in [0.1, 0.15) is 29.9 Å². The van der Waals surface area contributed by atoms with Gasteiger partial charge in [-0.15, -0.1) is 6.58 Å². The highest BCUT2D eigenvalue weighted by molar-refractivity contribution is 5.27. The molecule has 0 radical (unpaired) electrons. The molecule has 1 atom stereocenters. The van der Waals surface area contributed by atoms with Crippen LogP contribution in [-0.2, 0) is 6.42 Å². The van der Waals surface area contributed by atoms with Crippen LogP contribution < -0.4 is 11.3 Å². The summed E-state index contributed by atoms with van der Waals surface area (Å²) in [5.41, 5.74) is 5.58. The summed E-state index contributed by atoms with van der Waals surface area (Å²) in [7, 11) is 0. The molecule has 1 heterocycles. The third-order valence-electron chi connectivity index (χ3n) is 2.11. The molecule has 4 nitrogen and oxygen atoms in total. The number of hydrogen-bond donors (Lipinski definition) is 2. The fourth-order valence-electron chi connectivity index (χ4n) is 1.36. The van der Waals surface area contributed by atoms with Crippen molar-refractivity contribution in [3.8, 4) is 0 Å². The van der Waals surface area contributed by atoms with Crippen LogP contribution >= 0.6 is 0 Å². The molecule has 4 heteroatoms. The van der Waals surface area contributed by atoms with E-state index in [2.05, 4.69) is 22.2 Å². The minimum Gasteiger partial charge on any atom is -0.271 e. The van der Waals surface area contributed by atoms with E-state index in [-0.39, 0.29) is 6.04 Å². The summed E-state index contributed by atoms with van der Waals surface area (Å²) in [4.78, 5) is 0. The molecule has 0 aliphatic carbocycles. The Morgan fingerprint density at radius 3 is 2.86 bits per heavy atom. The smallest absolute Gasteiger partial charge is 0.0680 e. The van der Waals surface area contributed by atoms with E-state index in [9.17, 15) is 0 Å². The molecule has 1 aromatic rings. The lowest BCUT2D eigenvalue weighted by atomic mass is 10.0. The van der Waals surface area contributed by atoms with Crippen molar-refractivity contribution < 1.29 is 0 Å². The zero-order valence-corrected chi connectivity index (χ0v) is 8.62. The molecule has 1 aromatic heterocycles. The Balaban J connectivity index is 3.14. The zero-order chi connectivity index (χ0) is 10.6. The van der Waals surface area contributed by atoms with Gasteiger partial charge in [0.05, 0.1) is 17.4 Å². The van der Waals surface area contributed by atoms with E-state index < -0.39 is 0 Å². The first kappa shape index (κ1) is 10.8. The van der Waals surface area contributed by atoms with Gasteiger partial charge in [0.15, 0.2) is 0 Å². The summed E-state index contributed by atoms with van der Waals surface area (Å²) < 4.78 is 0. The quantitative estimate of drug-likeness (QED) is 0.425. The fourth-order valence-corrected chi connectivity index (χ4v) is 1.36. The Bertz CT molecular complexity index is 322. The van der Waals surface area contributed by atoms with E-state index in [4.69, 9.17) is 5.84 Å². The lowest BCUT2D eigenvalue weighted by Gasteiger charge is -2.14.